The summed E-state index contributed by atoms with van der Waals surface area (Å²) in [6.45, 7) is -2.48. The molecule has 2 rings (SSSR count). The van der Waals surface area contributed by atoms with Crippen LogP contribution >= 0.6 is 25.8 Å². The van der Waals surface area contributed by atoms with E-state index in [1.165, 1.54) is 0 Å². The zero-order valence-electron chi connectivity index (χ0n) is 7.83. The zero-order valence-corrected chi connectivity index (χ0v) is 10.4. The Morgan fingerprint density at radius 2 is 1.60 bits per heavy atom. The summed E-state index contributed by atoms with van der Waals surface area (Å²) in [5.41, 5.74) is 10.1. The van der Waals surface area contributed by atoms with Crippen molar-refractivity contribution >= 4 is 25.8 Å². The molecule has 15 heavy (non-hydrogen) atoms. The predicted molar refractivity (Wildman–Crippen MR) is 56.3 cm³/mol. The second kappa shape index (κ2) is 3.82. The lowest BCUT2D eigenvalue weighted by molar-refractivity contribution is 0.00156. The molecular weight excluding hydrogens is 262 g/mol. The lowest BCUT2D eigenvalue weighted by Gasteiger charge is -2.40. The molecule has 2 aliphatic heterocycles. The highest BCUT2D eigenvalue weighted by atomic mass is 32.7. The fraction of sp³-hybridized carbons (Fsp3) is 1.00. The molecule has 1 unspecified atom stereocenters. The van der Waals surface area contributed by atoms with Crippen molar-refractivity contribution in [3.63, 3.8) is 0 Å². The SMILES string of the molecule is NP1(=O)OCC2(CO1)COP(N)(=O)SC2. The van der Waals surface area contributed by atoms with Gasteiger partial charge < -0.3 is 4.52 Å². The molecule has 2 heterocycles. The fourth-order valence-corrected chi connectivity index (χ4v) is 5.19. The van der Waals surface area contributed by atoms with Crippen LogP contribution in [0, 0.1) is 5.41 Å². The third-order valence-electron chi connectivity index (χ3n) is 2.20. The van der Waals surface area contributed by atoms with E-state index >= 15 is 0 Å². The Bertz CT molecular complexity index is 302. The average Bonchev–Trinajstić information content (AvgIpc) is 2.15. The van der Waals surface area contributed by atoms with Gasteiger partial charge in [0.25, 0.3) is 0 Å². The summed E-state index contributed by atoms with van der Waals surface area (Å²) >= 11 is 1.05. The van der Waals surface area contributed by atoms with Gasteiger partial charge in [-0.05, 0) is 0 Å². The van der Waals surface area contributed by atoms with Crippen molar-refractivity contribution in [2.24, 2.45) is 16.4 Å². The van der Waals surface area contributed by atoms with Gasteiger partial charge in [0.1, 0.15) is 0 Å². The van der Waals surface area contributed by atoms with E-state index in [9.17, 15) is 9.13 Å². The number of hydrogen-bond acceptors (Lipinski definition) is 6. The summed E-state index contributed by atoms with van der Waals surface area (Å²) in [4.78, 5) is 0. The first-order chi connectivity index (χ1) is 6.83. The highest BCUT2D eigenvalue weighted by Gasteiger charge is 2.46. The van der Waals surface area contributed by atoms with Gasteiger partial charge in [0, 0.05) is 5.75 Å². The summed E-state index contributed by atoms with van der Waals surface area (Å²) in [5, 5.41) is 0. The van der Waals surface area contributed by atoms with Crippen molar-refractivity contribution in [3.8, 4) is 0 Å². The monoisotopic (exact) mass is 274 g/mol. The van der Waals surface area contributed by atoms with Gasteiger partial charge >= 0.3 is 14.5 Å². The molecule has 88 valence electrons. The molecule has 4 N–H and O–H groups in total. The van der Waals surface area contributed by atoms with Crippen LogP contribution in [0.25, 0.3) is 0 Å². The third kappa shape index (κ3) is 2.84. The van der Waals surface area contributed by atoms with Gasteiger partial charge in [0.15, 0.2) is 0 Å². The van der Waals surface area contributed by atoms with E-state index in [4.69, 9.17) is 24.6 Å². The van der Waals surface area contributed by atoms with Gasteiger partial charge in [-0.3, -0.25) is 19.1 Å². The highest BCUT2D eigenvalue weighted by molar-refractivity contribution is 8.56. The Balaban J connectivity index is 2.01. The molecule has 2 aliphatic rings. The van der Waals surface area contributed by atoms with E-state index in [-0.39, 0.29) is 19.8 Å². The van der Waals surface area contributed by atoms with Gasteiger partial charge in [0.2, 0.25) is 0 Å². The normalized spacial score (nSPS) is 51.9. The van der Waals surface area contributed by atoms with Crippen LogP contribution in [0.4, 0.5) is 0 Å². The fourth-order valence-electron chi connectivity index (χ4n) is 1.23. The first kappa shape index (κ1) is 12.1. The van der Waals surface area contributed by atoms with Crippen LogP contribution in [0.1, 0.15) is 0 Å². The third-order valence-corrected chi connectivity index (χ3v) is 6.55. The minimum atomic E-state index is -3.38. The van der Waals surface area contributed by atoms with Gasteiger partial charge in [-0.2, -0.15) is 0 Å². The molecule has 0 amide bonds. The quantitative estimate of drug-likeness (QED) is 0.626. The Morgan fingerprint density at radius 3 is 2.07 bits per heavy atom. The molecule has 2 fully saturated rings. The molecule has 2 saturated heterocycles. The maximum atomic E-state index is 11.3. The molecule has 0 aliphatic carbocycles. The van der Waals surface area contributed by atoms with E-state index in [0.29, 0.717) is 5.75 Å². The van der Waals surface area contributed by atoms with Crippen molar-refractivity contribution in [3.05, 3.63) is 0 Å². The Hall–Kier alpha value is 0.610. The highest BCUT2D eigenvalue weighted by Crippen LogP contribution is 2.60. The van der Waals surface area contributed by atoms with Crippen molar-refractivity contribution in [1.82, 2.24) is 0 Å². The van der Waals surface area contributed by atoms with E-state index in [2.05, 4.69) is 0 Å². The molecule has 0 bridgehead atoms. The molecule has 1 spiro atoms. The van der Waals surface area contributed by atoms with E-state index in [1.54, 1.807) is 0 Å². The Labute approximate surface area is 91.0 Å². The second-order valence-electron chi connectivity index (χ2n) is 3.67. The summed E-state index contributed by atoms with van der Waals surface area (Å²) in [5.74, 6) is 0.487. The van der Waals surface area contributed by atoms with Crippen molar-refractivity contribution in [2.45, 2.75) is 0 Å². The van der Waals surface area contributed by atoms with Crippen molar-refractivity contribution < 1.29 is 22.7 Å². The smallest absolute Gasteiger partial charge is 0.309 e. The molecule has 0 aromatic rings. The minimum absolute atomic E-state index is 0.174. The standard InChI is InChI=1S/C5H12N2O5P2S/c6-13(8)10-1-5(2-11-13)3-12-14(7,9)15-4-5/h1-4H2,(H2,6,8)(H2,7,9). The second-order valence-corrected chi connectivity index (χ2v) is 9.46. The van der Waals surface area contributed by atoms with Crippen LogP contribution in [-0.4, -0.2) is 25.6 Å². The van der Waals surface area contributed by atoms with E-state index in [0.717, 1.165) is 11.4 Å². The zero-order chi connectivity index (χ0) is 11.2. The van der Waals surface area contributed by atoms with E-state index in [1.807, 2.05) is 0 Å². The largest absolute Gasteiger partial charge is 0.402 e. The van der Waals surface area contributed by atoms with E-state index < -0.39 is 19.9 Å². The van der Waals surface area contributed by atoms with Crippen molar-refractivity contribution in [1.29, 1.82) is 0 Å². The molecule has 7 nitrogen and oxygen atoms in total. The van der Waals surface area contributed by atoms with Crippen LogP contribution in [0.3, 0.4) is 0 Å². The van der Waals surface area contributed by atoms with Crippen LogP contribution in [0.15, 0.2) is 0 Å². The molecule has 10 heteroatoms. The minimum Gasteiger partial charge on any atom is -0.309 e. The summed E-state index contributed by atoms with van der Waals surface area (Å²) < 4.78 is 37.4. The molecule has 0 aromatic carbocycles. The number of hydrogen-bond donors (Lipinski definition) is 2. The summed E-state index contributed by atoms with van der Waals surface area (Å²) in [6, 6.07) is 0. The maximum Gasteiger partial charge on any atom is 0.402 e. The van der Waals surface area contributed by atoms with Crippen LogP contribution in [0.2, 0.25) is 0 Å². The average molecular weight is 274 g/mol. The molecule has 0 saturated carbocycles. The van der Waals surface area contributed by atoms with Gasteiger partial charge in [-0.25, -0.2) is 10.1 Å². The van der Waals surface area contributed by atoms with Gasteiger partial charge in [-0.1, -0.05) is 11.4 Å². The number of rotatable bonds is 0. The van der Waals surface area contributed by atoms with Gasteiger partial charge in [0.05, 0.1) is 25.2 Å². The first-order valence-corrected chi connectivity index (χ1v) is 9.08. The summed E-state index contributed by atoms with van der Waals surface area (Å²) in [6.07, 6.45) is 0. The first-order valence-electron chi connectivity index (χ1n) is 4.18. The molecule has 0 aromatic heterocycles. The van der Waals surface area contributed by atoms with Crippen LogP contribution < -0.4 is 11.0 Å². The predicted octanol–water partition coefficient (Wildman–Crippen LogP) is 0.917. The van der Waals surface area contributed by atoms with Gasteiger partial charge in [-0.15, -0.1) is 0 Å². The molecular formula is C5H12N2O5P2S. The Kier molecular flexibility index (Phi) is 3.08. The maximum absolute atomic E-state index is 11.3. The summed E-state index contributed by atoms with van der Waals surface area (Å²) in [7, 11) is -3.38. The number of nitrogens with two attached hydrogens (primary N) is 2. The lowest BCUT2D eigenvalue weighted by atomic mass is 9.94. The van der Waals surface area contributed by atoms with Crippen LogP contribution in [0.5, 0.6) is 0 Å². The lowest BCUT2D eigenvalue weighted by Crippen LogP contribution is -2.44. The van der Waals surface area contributed by atoms with Crippen molar-refractivity contribution in [2.75, 3.05) is 25.6 Å². The molecule has 0 radical (unpaired) electrons. The topological polar surface area (TPSA) is 114 Å². The Morgan fingerprint density at radius 1 is 1.07 bits per heavy atom. The molecule has 1 atom stereocenters. The van der Waals surface area contributed by atoms with Crippen LogP contribution in [-0.2, 0) is 22.7 Å².